The Hall–Kier alpha value is -3.50. The topological polar surface area (TPSA) is 174 Å². The summed E-state index contributed by atoms with van der Waals surface area (Å²) in [6.45, 7) is 6.61. The number of nitrogens with one attached hydrogen (secondary N) is 3. The summed E-state index contributed by atoms with van der Waals surface area (Å²) in [5, 5.41) is 27.3. The Labute approximate surface area is 129 Å². The van der Waals surface area contributed by atoms with Crippen LogP contribution in [0.5, 0.6) is 0 Å². The van der Waals surface area contributed by atoms with Crippen molar-refractivity contribution in [3.63, 3.8) is 0 Å². The molecule has 0 aliphatic heterocycles. The molecule has 1 aromatic rings. The van der Waals surface area contributed by atoms with Crippen molar-refractivity contribution in [3.05, 3.63) is 24.3 Å². The average molecular weight is 323 g/mol. The van der Waals surface area contributed by atoms with Crippen LogP contribution < -0.4 is 10.6 Å². The van der Waals surface area contributed by atoms with Gasteiger partial charge in [-0.25, -0.2) is 5.10 Å². The van der Waals surface area contributed by atoms with Crippen molar-refractivity contribution in [1.29, 1.82) is 0 Å². The summed E-state index contributed by atoms with van der Waals surface area (Å²) in [7, 11) is 0. The van der Waals surface area contributed by atoms with E-state index in [1.165, 1.54) is 0 Å². The van der Waals surface area contributed by atoms with E-state index in [1.54, 1.807) is 0 Å². The third-order valence-corrected chi connectivity index (χ3v) is 2.31. The maximum Gasteiger partial charge on any atom is 0.308 e. The van der Waals surface area contributed by atoms with E-state index in [4.69, 9.17) is 10.2 Å². The molecular weight excluding hydrogens is 310 g/mol. The van der Waals surface area contributed by atoms with Crippen LogP contribution in [-0.2, 0) is 19.2 Å². The van der Waals surface area contributed by atoms with Crippen LogP contribution in [0.15, 0.2) is 24.3 Å². The smallest absolute Gasteiger partial charge is 0.308 e. The second-order valence-corrected chi connectivity index (χ2v) is 4.26. The highest BCUT2D eigenvalue weighted by Crippen LogP contribution is 2.08. The molecule has 0 aliphatic carbocycles. The Morgan fingerprint density at radius 1 is 0.957 bits per heavy atom. The highest BCUT2D eigenvalue weighted by Gasteiger charge is 2.16. The summed E-state index contributed by atoms with van der Waals surface area (Å²) in [4.78, 5) is 47.8. The molecule has 11 heteroatoms. The molecule has 122 valence electrons. The van der Waals surface area contributed by atoms with Crippen molar-refractivity contribution in [3.8, 4) is 0 Å². The van der Waals surface area contributed by atoms with Gasteiger partial charge in [-0.05, 0) is 0 Å². The first-order chi connectivity index (χ1) is 10.7. The minimum Gasteiger partial charge on any atom is -0.481 e. The van der Waals surface area contributed by atoms with Crippen molar-refractivity contribution in [2.24, 2.45) is 0 Å². The molecule has 23 heavy (non-hydrogen) atoms. The van der Waals surface area contributed by atoms with Crippen LogP contribution in [0.1, 0.15) is 12.8 Å². The second kappa shape index (κ2) is 7.49. The van der Waals surface area contributed by atoms with Gasteiger partial charge < -0.3 is 10.2 Å². The van der Waals surface area contributed by atoms with Gasteiger partial charge in [0.1, 0.15) is 0 Å². The molecule has 0 fully saturated rings. The Morgan fingerprint density at radius 2 is 1.43 bits per heavy atom. The van der Waals surface area contributed by atoms with Gasteiger partial charge in [0, 0.05) is 11.1 Å². The normalized spacial score (nSPS) is 9.74. The molecule has 2 amide bonds. The van der Waals surface area contributed by atoms with E-state index in [1.807, 2.05) is 0 Å². The molecule has 0 atom stereocenters. The Morgan fingerprint density at radius 3 is 1.91 bits per heavy atom. The van der Waals surface area contributed by atoms with Gasteiger partial charge in [-0.15, -0.1) is 5.10 Å². The number of carbonyl (C=O) groups is 4. The van der Waals surface area contributed by atoms with Crippen LogP contribution in [0.25, 0.3) is 0 Å². The van der Waals surface area contributed by atoms with Crippen molar-refractivity contribution in [1.82, 2.24) is 15.2 Å². The van der Waals surface area contributed by atoms with Gasteiger partial charge >= 0.3 is 11.9 Å². The third-order valence-electron chi connectivity index (χ3n) is 2.31. The Kier molecular flexibility index (Phi) is 5.72. The summed E-state index contributed by atoms with van der Waals surface area (Å²) >= 11 is 0. The van der Waals surface area contributed by atoms with E-state index in [-0.39, 0.29) is 23.0 Å². The monoisotopic (exact) mass is 323 g/mol. The molecule has 0 spiro atoms. The molecule has 0 saturated heterocycles. The van der Waals surface area contributed by atoms with E-state index >= 15 is 0 Å². The first kappa shape index (κ1) is 17.6. The molecule has 1 heterocycles. The number of H-pyrrole nitrogens is 1. The molecule has 0 unspecified atom stereocenters. The van der Waals surface area contributed by atoms with Crippen LogP contribution in [0, 0.1) is 0 Å². The summed E-state index contributed by atoms with van der Waals surface area (Å²) < 4.78 is 0. The van der Waals surface area contributed by atoms with Crippen molar-refractivity contribution in [2.45, 2.75) is 12.8 Å². The molecule has 0 radical (unpaired) electrons. The summed E-state index contributed by atoms with van der Waals surface area (Å²) in [6, 6.07) is 0. The van der Waals surface area contributed by atoms with Gasteiger partial charge in [0.25, 0.3) is 17.8 Å². The lowest BCUT2D eigenvalue weighted by atomic mass is 10.2. The van der Waals surface area contributed by atoms with Crippen LogP contribution >= 0.6 is 0 Å². The standard InChI is InChI=1S/C12H13N5O6/c1-5(3-7(18)19)9(22)13-11-15-12(17-16-11)14-10(23)6(2)4-8(20)21/h1-4H2,(H,18,19)(H,20,21)(H3,13,14,15,16,17,22,23). The van der Waals surface area contributed by atoms with Gasteiger partial charge in [0.15, 0.2) is 0 Å². The second-order valence-electron chi connectivity index (χ2n) is 4.26. The number of aliphatic carboxylic acids is 2. The number of hydrogen-bond acceptors (Lipinski definition) is 6. The summed E-state index contributed by atoms with van der Waals surface area (Å²) in [5.74, 6) is -4.38. The van der Waals surface area contributed by atoms with Gasteiger partial charge in [-0.1, -0.05) is 13.2 Å². The first-order valence-corrected chi connectivity index (χ1v) is 6.03. The predicted octanol–water partition coefficient (Wildman–Crippen LogP) is -0.257. The minimum absolute atomic E-state index is 0.152. The quantitative estimate of drug-likeness (QED) is 0.407. The lowest BCUT2D eigenvalue weighted by Gasteiger charge is -2.02. The van der Waals surface area contributed by atoms with E-state index in [0.29, 0.717) is 0 Å². The molecule has 5 N–H and O–H groups in total. The molecule has 0 saturated carbocycles. The predicted molar refractivity (Wildman–Crippen MR) is 76.4 cm³/mol. The van der Waals surface area contributed by atoms with Gasteiger partial charge in [0.05, 0.1) is 12.8 Å². The average Bonchev–Trinajstić information content (AvgIpc) is 2.84. The van der Waals surface area contributed by atoms with Crippen LogP contribution in [0.4, 0.5) is 11.9 Å². The number of aromatic nitrogens is 3. The van der Waals surface area contributed by atoms with Crippen LogP contribution in [-0.4, -0.2) is 49.1 Å². The maximum atomic E-state index is 11.6. The van der Waals surface area contributed by atoms with Crippen molar-refractivity contribution < 1.29 is 29.4 Å². The molecular formula is C12H13N5O6. The summed E-state index contributed by atoms with van der Waals surface area (Å²) in [5.41, 5.74) is -0.406. The van der Waals surface area contributed by atoms with E-state index in [9.17, 15) is 19.2 Å². The molecule has 0 bridgehead atoms. The SMILES string of the molecule is C=C(CC(=O)O)C(=O)Nc1n[nH]c(NC(=O)C(=C)CC(=O)O)n1. The number of carboxylic acid groups (broad SMARTS) is 2. The fraction of sp³-hybridized carbons (Fsp3) is 0.167. The number of anilines is 2. The van der Waals surface area contributed by atoms with Gasteiger partial charge in [-0.3, -0.25) is 29.8 Å². The number of carboxylic acids is 2. The van der Waals surface area contributed by atoms with Gasteiger partial charge in [-0.2, -0.15) is 4.98 Å². The molecule has 0 aromatic carbocycles. The maximum absolute atomic E-state index is 11.6. The fourth-order valence-corrected chi connectivity index (χ4v) is 1.29. The van der Waals surface area contributed by atoms with E-state index < -0.39 is 36.6 Å². The molecule has 0 aliphatic rings. The zero-order valence-electron chi connectivity index (χ0n) is 11.8. The summed E-state index contributed by atoms with van der Waals surface area (Å²) in [6.07, 6.45) is -1.09. The van der Waals surface area contributed by atoms with Crippen LogP contribution in [0.2, 0.25) is 0 Å². The Bertz CT molecular complexity index is 635. The number of nitrogens with zero attached hydrogens (tertiary/aromatic N) is 2. The minimum atomic E-state index is -1.22. The molecule has 1 rings (SSSR count). The first-order valence-electron chi connectivity index (χ1n) is 6.03. The lowest BCUT2D eigenvalue weighted by molar-refractivity contribution is -0.137. The van der Waals surface area contributed by atoms with Crippen LogP contribution in [0.3, 0.4) is 0 Å². The Balaban J connectivity index is 2.61. The third kappa shape index (κ3) is 5.79. The number of rotatable bonds is 8. The van der Waals surface area contributed by atoms with E-state index in [0.717, 1.165) is 0 Å². The van der Waals surface area contributed by atoms with Crippen molar-refractivity contribution >= 4 is 35.6 Å². The highest BCUT2D eigenvalue weighted by atomic mass is 16.4. The number of hydrogen-bond donors (Lipinski definition) is 5. The zero-order chi connectivity index (χ0) is 17.6. The van der Waals surface area contributed by atoms with Gasteiger partial charge in [0.2, 0.25) is 5.95 Å². The van der Waals surface area contributed by atoms with E-state index in [2.05, 4.69) is 39.0 Å². The largest absolute Gasteiger partial charge is 0.481 e. The number of carbonyl (C=O) groups excluding carboxylic acids is 2. The lowest BCUT2D eigenvalue weighted by Crippen LogP contribution is -2.18. The molecule has 1 aromatic heterocycles. The highest BCUT2D eigenvalue weighted by molar-refractivity contribution is 6.06. The molecule has 11 nitrogen and oxygen atoms in total. The van der Waals surface area contributed by atoms with Crippen molar-refractivity contribution in [2.75, 3.05) is 10.6 Å². The number of aromatic amines is 1. The zero-order valence-corrected chi connectivity index (χ0v) is 11.8. The number of amides is 2. The fourth-order valence-electron chi connectivity index (χ4n) is 1.29.